The van der Waals surface area contributed by atoms with Gasteiger partial charge in [-0.15, -0.1) is 35.7 Å². The summed E-state index contributed by atoms with van der Waals surface area (Å²) in [5.74, 6) is 0.863. The van der Waals surface area contributed by atoms with E-state index < -0.39 is 0 Å². The molecule has 0 atom stereocenters. The molecule has 6 heteroatoms. The summed E-state index contributed by atoms with van der Waals surface area (Å²) in [6.07, 6.45) is 1.94. The minimum Gasteiger partial charge on any atom is -0.391 e. The second kappa shape index (κ2) is 14.7. The summed E-state index contributed by atoms with van der Waals surface area (Å²) >= 11 is 0. The van der Waals surface area contributed by atoms with Crippen LogP contribution in [0.3, 0.4) is 0 Å². The molecule has 5 nitrogen and oxygen atoms in total. The summed E-state index contributed by atoms with van der Waals surface area (Å²) in [6, 6.07) is 52.9. The van der Waals surface area contributed by atoms with Crippen LogP contribution in [0.25, 0.3) is 44.4 Å². The van der Waals surface area contributed by atoms with Crippen LogP contribution in [0.4, 0.5) is 11.4 Å². The molecule has 0 fully saturated rings. The molecule has 0 unspecified atom stereocenters. The topological polar surface area (TPSA) is 38.9 Å². The Morgan fingerprint density at radius 1 is 0.589 bits per heavy atom. The molecule has 0 amide bonds. The van der Waals surface area contributed by atoms with Gasteiger partial charge >= 0.3 is 21.1 Å². The molecule has 0 spiro atoms. The van der Waals surface area contributed by atoms with Gasteiger partial charge in [0.1, 0.15) is 5.82 Å². The molecule has 8 rings (SSSR count). The molecule has 3 aromatic heterocycles. The van der Waals surface area contributed by atoms with E-state index in [9.17, 15) is 0 Å². The fourth-order valence-corrected chi connectivity index (χ4v) is 7.49. The average Bonchev–Trinajstić information content (AvgIpc) is 3.79. The van der Waals surface area contributed by atoms with Crippen LogP contribution >= 0.6 is 0 Å². The van der Waals surface area contributed by atoms with E-state index in [1.54, 1.807) is 0 Å². The van der Waals surface area contributed by atoms with Gasteiger partial charge in [-0.1, -0.05) is 145 Å². The maximum atomic E-state index is 5.12. The fourth-order valence-electron chi connectivity index (χ4n) is 7.49. The van der Waals surface area contributed by atoms with E-state index in [0.717, 1.165) is 56.1 Å². The van der Waals surface area contributed by atoms with Crippen molar-refractivity contribution in [3.63, 3.8) is 0 Å². The van der Waals surface area contributed by atoms with Crippen molar-refractivity contribution < 1.29 is 21.1 Å². The summed E-state index contributed by atoms with van der Waals surface area (Å²) in [6.45, 7) is 17.9. The molecule has 0 saturated heterocycles. The van der Waals surface area contributed by atoms with Gasteiger partial charge in [-0.2, -0.15) is 17.2 Å². The van der Waals surface area contributed by atoms with Crippen LogP contribution < -0.4 is 4.90 Å². The Morgan fingerprint density at radius 2 is 1.29 bits per heavy atom. The molecule has 56 heavy (non-hydrogen) atoms. The summed E-state index contributed by atoms with van der Waals surface area (Å²) in [4.78, 5) is 7.17. The van der Waals surface area contributed by atoms with E-state index in [-0.39, 0.29) is 37.3 Å². The molecule has 8 aromatic rings. The van der Waals surface area contributed by atoms with Gasteiger partial charge in [0, 0.05) is 40.7 Å². The monoisotopic (exact) mass is 914 g/mol. The predicted molar refractivity (Wildman–Crippen MR) is 229 cm³/mol. The first kappa shape index (κ1) is 39.0. The minimum atomic E-state index is -0.219. The van der Waals surface area contributed by atoms with Crippen LogP contribution in [0.1, 0.15) is 77.9 Å². The van der Waals surface area contributed by atoms with Crippen molar-refractivity contribution >= 4 is 33.2 Å². The van der Waals surface area contributed by atoms with E-state index in [2.05, 4.69) is 216 Å². The number of anilines is 2. The normalized spacial score (nSPS) is 12.2. The summed E-state index contributed by atoms with van der Waals surface area (Å²) in [5, 5.41) is 7.41. The van der Waals surface area contributed by atoms with Crippen molar-refractivity contribution in [3.05, 3.63) is 168 Å². The quantitative estimate of drug-likeness (QED) is 0.150. The zero-order chi connectivity index (χ0) is 38.7. The summed E-state index contributed by atoms with van der Waals surface area (Å²) in [5.41, 5.74) is 11.5. The molecule has 0 radical (unpaired) electrons. The molecule has 0 N–H and O–H groups in total. The van der Waals surface area contributed by atoms with Gasteiger partial charge in [0.15, 0.2) is 0 Å². The smallest absolute Gasteiger partial charge is 0.391 e. The SMILES string of the molecule is CN(c1[c-]c(-n2nc(C(C)(C)C)cc2C(C)(C)C)ccc1)c1[c-]c2c(cc1)c1cc(-c3ccccc3)ccc1n2-c1cc(C(C)(C)c2ccccc2)ccn1.[Pt+2]. The molecule has 284 valence electrons. The van der Waals surface area contributed by atoms with Gasteiger partial charge in [0.05, 0.1) is 5.69 Å². The zero-order valence-corrected chi connectivity index (χ0v) is 36.0. The zero-order valence-electron chi connectivity index (χ0n) is 33.8. The first-order valence-corrected chi connectivity index (χ1v) is 19.2. The number of aromatic nitrogens is 4. The van der Waals surface area contributed by atoms with Crippen LogP contribution in [-0.4, -0.2) is 26.4 Å². The Hall–Kier alpha value is -5.25. The van der Waals surface area contributed by atoms with E-state index in [1.165, 1.54) is 22.3 Å². The van der Waals surface area contributed by atoms with Gasteiger partial charge in [0.2, 0.25) is 0 Å². The second-order valence-corrected chi connectivity index (χ2v) is 17.2. The summed E-state index contributed by atoms with van der Waals surface area (Å²) < 4.78 is 4.34. The third-order valence-corrected chi connectivity index (χ3v) is 10.9. The Balaban J connectivity index is 0.00000480. The third-order valence-electron chi connectivity index (χ3n) is 10.9. The van der Waals surface area contributed by atoms with Crippen molar-refractivity contribution in [2.75, 3.05) is 11.9 Å². The van der Waals surface area contributed by atoms with Crippen molar-refractivity contribution in [1.82, 2.24) is 19.3 Å². The number of rotatable bonds is 7. The van der Waals surface area contributed by atoms with Crippen molar-refractivity contribution in [2.24, 2.45) is 0 Å². The van der Waals surface area contributed by atoms with Crippen molar-refractivity contribution in [3.8, 4) is 22.6 Å². The number of hydrogen-bond acceptors (Lipinski definition) is 3. The predicted octanol–water partition coefficient (Wildman–Crippen LogP) is 12.3. The Labute approximate surface area is 346 Å². The van der Waals surface area contributed by atoms with Gasteiger partial charge in [-0.25, -0.2) is 4.98 Å². The Bertz CT molecular complexity index is 2660. The van der Waals surface area contributed by atoms with Gasteiger partial charge in [0.25, 0.3) is 0 Å². The van der Waals surface area contributed by atoms with E-state index in [4.69, 9.17) is 10.1 Å². The number of fused-ring (bicyclic) bond motifs is 3. The summed E-state index contributed by atoms with van der Waals surface area (Å²) in [7, 11) is 2.09. The van der Waals surface area contributed by atoms with Crippen LogP contribution in [0.2, 0.25) is 0 Å². The number of hydrogen-bond donors (Lipinski definition) is 0. The first-order chi connectivity index (χ1) is 26.2. The molecule has 0 aliphatic rings. The largest absolute Gasteiger partial charge is 2.00 e. The molecular formula is C50H49N5Pt. The average molecular weight is 915 g/mol. The maximum Gasteiger partial charge on any atom is 2.00 e. The Kier molecular flexibility index (Phi) is 10.2. The van der Waals surface area contributed by atoms with Crippen molar-refractivity contribution in [1.29, 1.82) is 0 Å². The van der Waals surface area contributed by atoms with Crippen LogP contribution in [-0.2, 0) is 37.3 Å². The van der Waals surface area contributed by atoms with Crippen LogP contribution in [0.15, 0.2) is 134 Å². The van der Waals surface area contributed by atoms with Crippen molar-refractivity contribution in [2.45, 2.75) is 71.6 Å². The maximum absolute atomic E-state index is 5.12. The van der Waals surface area contributed by atoms with E-state index in [1.807, 2.05) is 6.20 Å². The standard InChI is InChI=1S/C50H49N5.Pt/c1-48(2,3)45-33-46(49(4,5)6)55(52-45)40-22-16-21-38(31-40)53(9)39-24-25-41-42-29-35(34-17-12-10-13-18-34)23-26-43(42)54(44(41)32-39)47-30-37(27-28-51-47)50(7,8)36-19-14-11-15-20-36;/h10-30,33H,1-9H3;/q-2;+2. The number of pyridine rings is 1. The molecular weight excluding hydrogens is 866 g/mol. The molecule has 3 heterocycles. The first-order valence-electron chi connectivity index (χ1n) is 19.2. The second-order valence-electron chi connectivity index (χ2n) is 17.2. The number of benzene rings is 5. The molecule has 0 bridgehead atoms. The van der Waals surface area contributed by atoms with Gasteiger partial charge in [-0.3, -0.25) is 4.68 Å². The minimum absolute atomic E-state index is 0. The Morgan fingerprint density at radius 3 is 1.98 bits per heavy atom. The molecule has 0 aliphatic heterocycles. The van der Waals surface area contributed by atoms with Gasteiger partial charge in [-0.05, 0) is 57.6 Å². The van der Waals surface area contributed by atoms with Gasteiger partial charge < -0.3 is 9.47 Å². The molecule has 5 aromatic carbocycles. The number of nitrogens with zero attached hydrogens (tertiary/aromatic N) is 5. The molecule has 0 saturated carbocycles. The molecule has 0 aliphatic carbocycles. The van der Waals surface area contributed by atoms with Crippen LogP contribution in [0, 0.1) is 12.1 Å². The fraction of sp³-hybridized carbons (Fsp3) is 0.240. The van der Waals surface area contributed by atoms with E-state index in [0.29, 0.717) is 0 Å². The van der Waals surface area contributed by atoms with E-state index >= 15 is 0 Å². The van der Waals surface area contributed by atoms with Crippen LogP contribution in [0.5, 0.6) is 0 Å². The third kappa shape index (κ3) is 7.14.